The molecule has 0 aromatic heterocycles. The summed E-state index contributed by atoms with van der Waals surface area (Å²) in [7, 11) is 0. The SMILES string of the molecule is CC(C)(C)c1c(O)cccc1C#N. The van der Waals surface area contributed by atoms with Gasteiger partial charge in [-0.1, -0.05) is 26.8 Å². The summed E-state index contributed by atoms with van der Waals surface area (Å²) in [4.78, 5) is 0. The van der Waals surface area contributed by atoms with E-state index in [2.05, 4.69) is 6.07 Å². The van der Waals surface area contributed by atoms with Crippen molar-refractivity contribution in [2.24, 2.45) is 0 Å². The second-order valence-corrected chi connectivity index (χ2v) is 4.06. The molecule has 68 valence electrons. The summed E-state index contributed by atoms with van der Waals surface area (Å²) >= 11 is 0. The fourth-order valence-corrected chi connectivity index (χ4v) is 1.42. The van der Waals surface area contributed by atoms with E-state index in [4.69, 9.17) is 5.26 Å². The van der Waals surface area contributed by atoms with Gasteiger partial charge < -0.3 is 5.11 Å². The Labute approximate surface area is 78.4 Å². The third-order valence-electron chi connectivity index (χ3n) is 1.91. The Morgan fingerprint density at radius 2 is 1.92 bits per heavy atom. The van der Waals surface area contributed by atoms with E-state index in [1.54, 1.807) is 18.2 Å². The first-order valence-corrected chi connectivity index (χ1v) is 4.19. The van der Waals surface area contributed by atoms with E-state index >= 15 is 0 Å². The minimum atomic E-state index is -0.198. The molecule has 0 saturated carbocycles. The number of hydrogen-bond acceptors (Lipinski definition) is 2. The van der Waals surface area contributed by atoms with Gasteiger partial charge in [0.15, 0.2) is 0 Å². The van der Waals surface area contributed by atoms with Crippen molar-refractivity contribution in [2.75, 3.05) is 0 Å². The molecule has 2 heteroatoms. The number of rotatable bonds is 0. The highest BCUT2D eigenvalue weighted by atomic mass is 16.3. The quantitative estimate of drug-likeness (QED) is 0.658. The molecule has 1 rings (SSSR count). The van der Waals surface area contributed by atoms with Crippen LogP contribution in [0.4, 0.5) is 0 Å². The molecule has 0 atom stereocenters. The van der Waals surface area contributed by atoms with Gasteiger partial charge >= 0.3 is 0 Å². The third kappa shape index (κ3) is 1.81. The van der Waals surface area contributed by atoms with Gasteiger partial charge in [0.2, 0.25) is 0 Å². The molecule has 0 unspecified atom stereocenters. The molecule has 2 nitrogen and oxygen atoms in total. The Kier molecular flexibility index (Phi) is 2.29. The van der Waals surface area contributed by atoms with Gasteiger partial charge in [-0.25, -0.2) is 0 Å². The molecule has 0 spiro atoms. The highest BCUT2D eigenvalue weighted by Gasteiger charge is 2.21. The van der Waals surface area contributed by atoms with Crippen molar-refractivity contribution in [2.45, 2.75) is 26.2 Å². The normalized spacial score (nSPS) is 10.9. The number of phenols is 1. The molecule has 0 saturated heterocycles. The first kappa shape index (κ1) is 9.60. The molecular weight excluding hydrogens is 162 g/mol. The van der Waals surface area contributed by atoms with Crippen molar-refractivity contribution in [3.8, 4) is 11.8 Å². The minimum Gasteiger partial charge on any atom is -0.508 e. The summed E-state index contributed by atoms with van der Waals surface area (Å²) in [5, 5.41) is 18.5. The first-order chi connectivity index (χ1) is 5.96. The molecule has 1 N–H and O–H groups in total. The standard InChI is InChI=1S/C11H13NO/c1-11(2,3)10-8(7-12)5-4-6-9(10)13/h4-6,13H,1-3H3. The van der Waals surface area contributed by atoms with E-state index in [0.29, 0.717) is 5.56 Å². The third-order valence-corrected chi connectivity index (χ3v) is 1.91. The van der Waals surface area contributed by atoms with E-state index in [1.165, 1.54) is 0 Å². The molecule has 0 bridgehead atoms. The van der Waals surface area contributed by atoms with Crippen LogP contribution in [-0.2, 0) is 5.41 Å². The van der Waals surface area contributed by atoms with Crippen molar-refractivity contribution in [1.29, 1.82) is 5.26 Å². The Morgan fingerprint density at radius 3 is 2.31 bits per heavy atom. The number of nitrogens with zero attached hydrogens (tertiary/aromatic N) is 1. The van der Waals surface area contributed by atoms with Crippen molar-refractivity contribution in [1.82, 2.24) is 0 Å². The summed E-state index contributed by atoms with van der Waals surface area (Å²) in [6.45, 7) is 5.93. The smallest absolute Gasteiger partial charge is 0.120 e. The van der Waals surface area contributed by atoms with Crippen molar-refractivity contribution in [3.05, 3.63) is 29.3 Å². The zero-order valence-electron chi connectivity index (χ0n) is 8.13. The minimum absolute atomic E-state index is 0.198. The fraction of sp³-hybridized carbons (Fsp3) is 0.364. The lowest BCUT2D eigenvalue weighted by molar-refractivity contribution is 0.446. The van der Waals surface area contributed by atoms with E-state index in [9.17, 15) is 5.11 Å². The van der Waals surface area contributed by atoms with Gasteiger partial charge in [0.05, 0.1) is 11.6 Å². The Hall–Kier alpha value is -1.49. The molecule has 13 heavy (non-hydrogen) atoms. The lowest BCUT2D eigenvalue weighted by atomic mass is 9.83. The number of hydrogen-bond donors (Lipinski definition) is 1. The molecule has 0 aliphatic heterocycles. The van der Waals surface area contributed by atoms with Crippen LogP contribution in [0.5, 0.6) is 5.75 Å². The van der Waals surface area contributed by atoms with Crippen LogP contribution >= 0.6 is 0 Å². The van der Waals surface area contributed by atoms with E-state index in [0.717, 1.165) is 5.56 Å². The predicted molar refractivity (Wildman–Crippen MR) is 51.5 cm³/mol. The summed E-state index contributed by atoms with van der Waals surface area (Å²) < 4.78 is 0. The molecule has 0 radical (unpaired) electrons. The predicted octanol–water partition coefficient (Wildman–Crippen LogP) is 2.56. The van der Waals surface area contributed by atoms with Crippen molar-refractivity contribution >= 4 is 0 Å². The summed E-state index contributed by atoms with van der Waals surface area (Å²) in [6.07, 6.45) is 0. The average Bonchev–Trinajstić information content (AvgIpc) is 2.01. The van der Waals surface area contributed by atoms with Crippen LogP contribution in [0.3, 0.4) is 0 Å². The molecular formula is C11H13NO. The van der Waals surface area contributed by atoms with Crippen LogP contribution < -0.4 is 0 Å². The van der Waals surface area contributed by atoms with Crippen LogP contribution in [0.25, 0.3) is 0 Å². The summed E-state index contributed by atoms with van der Waals surface area (Å²) in [6, 6.07) is 7.10. The zero-order valence-corrected chi connectivity index (χ0v) is 8.13. The molecule has 0 fully saturated rings. The molecule has 0 amide bonds. The first-order valence-electron chi connectivity index (χ1n) is 4.19. The van der Waals surface area contributed by atoms with Crippen LogP contribution in [0.2, 0.25) is 0 Å². The fourth-order valence-electron chi connectivity index (χ4n) is 1.42. The molecule has 0 aliphatic rings. The van der Waals surface area contributed by atoms with E-state index < -0.39 is 0 Å². The maximum atomic E-state index is 9.61. The van der Waals surface area contributed by atoms with Gasteiger partial charge in [0.1, 0.15) is 5.75 Å². The topological polar surface area (TPSA) is 44.0 Å². The Morgan fingerprint density at radius 1 is 1.31 bits per heavy atom. The highest BCUT2D eigenvalue weighted by molar-refractivity contribution is 5.49. The second-order valence-electron chi connectivity index (χ2n) is 4.06. The monoisotopic (exact) mass is 175 g/mol. The van der Waals surface area contributed by atoms with Crippen LogP contribution in [-0.4, -0.2) is 5.11 Å². The van der Waals surface area contributed by atoms with Gasteiger partial charge in [-0.2, -0.15) is 5.26 Å². The van der Waals surface area contributed by atoms with Gasteiger partial charge in [0, 0.05) is 5.56 Å². The lowest BCUT2D eigenvalue weighted by Crippen LogP contribution is -2.13. The lowest BCUT2D eigenvalue weighted by Gasteiger charge is -2.21. The maximum Gasteiger partial charge on any atom is 0.120 e. The summed E-state index contributed by atoms with van der Waals surface area (Å²) in [5.41, 5.74) is 1.07. The summed E-state index contributed by atoms with van der Waals surface area (Å²) in [5.74, 6) is 0.201. The van der Waals surface area contributed by atoms with Gasteiger partial charge in [-0.15, -0.1) is 0 Å². The number of nitriles is 1. The molecule has 0 heterocycles. The number of aromatic hydroxyl groups is 1. The number of benzene rings is 1. The van der Waals surface area contributed by atoms with Crippen molar-refractivity contribution < 1.29 is 5.11 Å². The van der Waals surface area contributed by atoms with E-state index in [1.807, 2.05) is 20.8 Å². The van der Waals surface area contributed by atoms with Gasteiger partial charge in [-0.05, 0) is 17.5 Å². The van der Waals surface area contributed by atoms with Crippen LogP contribution in [0.1, 0.15) is 31.9 Å². The largest absolute Gasteiger partial charge is 0.508 e. The van der Waals surface area contributed by atoms with Gasteiger partial charge in [-0.3, -0.25) is 0 Å². The van der Waals surface area contributed by atoms with Crippen LogP contribution in [0, 0.1) is 11.3 Å². The zero-order chi connectivity index (χ0) is 10.1. The molecule has 1 aromatic rings. The average molecular weight is 175 g/mol. The number of phenolic OH excluding ortho intramolecular Hbond substituents is 1. The van der Waals surface area contributed by atoms with Gasteiger partial charge in [0.25, 0.3) is 0 Å². The maximum absolute atomic E-state index is 9.61. The Bertz CT molecular complexity index is 355. The van der Waals surface area contributed by atoms with Crippen LogP contribution in [0.15, 0.2) is 18.2 Å². The molecule has 0 aliphatic carbocycles. The highest BCUT2D eigenvalue weighted by Crippen LogP contribution is 2.32. The Balaban J connectivity index is 3.43. The molecule has 1 aromatic carbocycles. The van der Waals surface area contributed by atoms with Crippen molar-refractivity contribution in [3.63, 3.8) is 0 Å². The van der Waals surface area contributed by atoms with E-state index in [-0.39, 0.29) is 11.2 Å². The second kappa shape index (κ2) is 3.10.